The summed E-state index contributed by atoms with van der Waals surface area (Å²) in [5, 5.41) is 3.53. The minimum atomic E-state index is -0.168. The largest absolute Gasteiger partial charge is 0.306 e. The summed E-state index contributed by atoms with van der Waals surface area (Å²) in [6, 6.07) is 13.9. The van der Waals surface area contributed by atoms with Gasteiger partial charge in [0.2, 0.25) is 0 Å². The van der Waals surface area contributed by atoms with Crippen LogP contribution in [0.15, 0.2) is 42.5 Å². The molecule has 1 atom stereocenters. The van der Waals surface area contributed by atoms with E-state index in [2.05, 4.69) is 49.5 Å². The summed E-state index contributed by atoms with van der Waals surface area (Å²) in [6.07, 6.45) is 2.09. The third kappa shape index (κ3) is 4.15. The minimum Gasteiger partial charge on any atom is -0.306 e. The fourth-order valence-corrected chi connectivity index (χ4v) is 2.59. The van der Waals surface area contributed by atoms with Gasteiger partial charge in [-0.2, -0.15) is 0 Å². The van der Waals surface area contributed by atoms with E-state index in [0.29, 0.717) is 0 Å². The molecule has 0 heterocycles. The maximum absolute atomic E-state index is 13.7. The molecule has 0 amide bonds. The van der Waals surface area contributed by atoms with Crippen molar-refractivity contribution >= 4 is 0 Å². The Morgan fingerprint density at radius 1 is 1.00 bits per heavy atom. The number of benzene rings is 2. The van der Waals surface area contributed by atoms with Crippen LogP contribution in [0.25, 0.3) is 0 Å². The molecule has 0 radical (unpaired) electrons. The van der Waals surface area contributed by atoms with E-state index in [0.717, 1.165) is 30.5 Å². The van der Waals surface area contributed by atoms with Crippen molar-refractivity contribution in [1.82, 2.24) is 5.32 Å². The van der Waals surface area contributed by atoms with Gasteiger partial charge in [-0.25, -0.2) is 4.39 Å². The Labute approximate surface area is 127 Å². The molecule has 0 fully saturated rings. The lowest BCUT2D eigenvalue weighted by Gasteiger charge is -2.20. The molecule has 1 nitrogen and oxygen atoms in total. The quantitative estimate of drug-likeness (QED) is 0.805. The standard InChI is InChI=1S/C19H24FN/c1-4-10-21-19(16-8-6-15(5-2)7-9-16)17-11-14(3)12-18(20)13-17/h6-9,11-13,19,21H,4-5,10H2,1-3H3. The lowest BCUT2D eigenvalue weighted by atomic mass is 9.96. The molecule has 0 saturated heterocycles. The Morgan fingerprint density at radius 3 is 2.29 bits per heavy atom. The normalized spacial score (nSPS) is 12.4. The van der Waals surface area contributed by atoms with Crippen LogP contribution in [0.1, 0.15) is 48.6 Å². The van der Waals surface area contributed by atoms with Gasteiger partial charge in [-0.15, -0.1) is 0 Å². The zero-order valence-electron chi connectivity index (χ0n) is 13.1. The van der Waals surface area contributed by atoms with Gasteiger partial charge in [0.1, 0.15) is 5.82 Å². The van der Waals surface area contributed by atoms with Gasteiger partial charge in [0.05, 0.1) is 6.04 Å². The van der Waals surface area contributed by atoms with Crippen molar-refractivity contribution < 1.29 is 4.39 Å². The van der Waals surface area contributed by atoms with Crippen LogP contribution in [0.2, 0.25) is 0 Å². The zero-order valence-corrected chi connectivity index (χ0v) is 13.1. The van der Waals surface area contributed by atoms with Crippen molar-refractivity contribution in [3.05, 3.63) is 70.5 Å². The number of aryl methyl sites for hydroxylation is 2. The molecular formula is C19H24FN. The minimum absolute atomic E-state index is 0.0465. The predicted molar refractivity (Wildman–Crippen MR) is 87.1 cm³/mol. The average Bonchev–Trinajstić information content (AvgIpc) is 2.47. The van der Waals surface area contributed by atoms with E-state index in [4.69, 9.17) is 0 Å². The first-order valence-corrected chi connectivity index (χ1v) is 7.73. The number of hydrogen-bond acceptors (Lipinski definition) is 1. The summed E-state index contributed by atoms with van der Waals surface area (Å²) in [4.78, 5) is 0. The van der Waals surface area contributed by atoms with Gasteiger partial charge < -0.3 is 5.32 Å². The van der Waals surface area contributed by atoms with Crippen molar-refractivity contribution in [2.24, 2.45) is 0 Å². The smallest absolute Gasteiger partial charge is 0.123 e. The van der Waals surface area contributed by atoms with Gasteiger partial charge in [-0.3, -0.25) is 0 Å². The van der Waals surface area contributed by atoms with E-state index in [-0.39, 0.29) is 11.9 Å². The average molecular weight is 285 g/mol. The van der Waals surface area contributed by atoms with Crippen molar-refractivity contribution in [3.63, 3.8) is 0 Å². The highest BCUT2D eigenvalue weighted by Crippen LogP contribution is 2.24. The summed E-state index contributed by atoms with van der Waals surface area (Å²) in [6.45, 7) is 7.14. The number of rotatable bonds is 6. The molecule has 0 bridgehead atoms. The molecule has 112 valence electrons. The van der Waals surface area contributed by atoms with Gasteiger partial charge in [0, 0.05) is 0 Å². The molecule has 0 saturated carbocycles. The molecule has 2 rings (SSSR count). The maximum atomic E-state index is 13.7. The summed E-state index contributed by atoms with van der Waals surface area (Å²) in [7, 11) is 0. The highest BCUT2D eigenvalue weighted by molar-refractivity contribution is 5.35. The summed E-state index contributed by atoms with van der Waals surface area (Å²) >= 11 is 0. The first kappa shape index (κ1) is 15.7. The van der Waals surface area contributed by atoms with Crippen LogP contribution in [0.4, 0.5) is 4.39 Å². The number of hydrogen-bond donors (Lipinski definition) is 1. The van der Waals surface area contributed by atoms with Crippen LogP contribution in [-0.2, 0) is 6.42 Å². The molecule has 21 heavy (non-hydrogen) atoms. The van der Waals surface area contributed by atoms with E-state index in [9.17, 15) is 4.39 Å². The molecule has 2 heteroatoms. The van der Waals surface area contributed by atoms with Crippen LogP contribution < -0.4 is 5.32 Å². The number of nitrogens with one attached hydrogen (secondary N) is 1. The van der Waals surface area contributed by atoms with Gasteiger partial charge in [0.25, 0.3) is 0 Å². The molecule has 0 aliphatic heterocycles. The fraction of sp³-hybridized carbons (Fsp3) is 0.368. The highest BCUT2D eigenvalue weighted by Gasteiger charge is 2.14. The summed E-state index contributed by atoms with van der Waals surface area (Å²) in [5.41, 5.74) is 4.46. The van der Waals surface area contributed by atoms with Crippen LogP contribution in [0.5, 0.6) is 0 Å². The van der Waals surface area contributed by atoms with E-state index < -0.39 is 0 Å². The summed E-state index contributed by atoms with van der Waals surface area (Å²) in [5.74, 6) is -0.168. The number of halogens is 1. The molecule has 0 aliphatic carbocycles. The van der Waals surface area contributed by atoms with Crippen LogP contribution in [0.3, 0.4) is 0 Å². The predicted octanol–water partition coefficient (Wildman–Crippen LogP) is 4.79. The first-order valence-electron chi connectivity index (χ1n) is 7.73. The Hall–Kier alpha value is -1.67. The molecule has 0 aromatic heterocycles. The first-order chi connectivity index (χ1) is 10.1. The van der Waals surface area contributed by atoms with Crippen LogP contribution >= 0.6 is 0 Å². The lowest BCUT2D eigenvalue weighted by molar-refractivity contribution is 0.584. The van der Waals surface area contributed by atoms with E-state index in [1.807, 2.05) is 6.92 Å². The topological polar surface area (TPSA) is 12.0 Å². The molecule has 1 N–H and O–H groups in total. The fourth-order valence-electron chi connectivity index (χ4n) is 2.59. The summed E-state index contributed by atoms with van der Waals surface area (Å²) < 4.78 is 13.7. The van der Waals surface area contributed by atoms with Gasteiger partial charge in [-0.05, 0) is 60.7 Å². The van der Waals surface area contributed by atoms with E-state index in [1.54, 1.807) is 12.1 Å². The Bertz CT molecular complexity index is 554. The van der Waals surface area contributed by atoms with E-state index >= 15 is 0 Å². The zero-order chi connectivity index (χ0) is 15.2. The third-order valence-electron chi connectivity index (χ3n) is 3.72. The second kappa shape index (κ2) is 7.37. The van der Waals surface area contributed by atoms with Crippen molar-refractivity contribution in [2.45, 2.75) is 39.7 Å². The SMILES string of the molecule is CCCNC(c1ccc(CC)cc1)c1cc(C)cc(F)c1. The van der Waals surface area contributed by atoms with Gasteiger partial charge >= 0.3 is 0 Å². The Kier molecular flexibility index (Phi) is 5.51. The van der Waals surface area contributed by atoms with Crippen molar-refractivity contribution in [2.75, 3.05) is 6.54 Å². The van der Waals surface area contributed by atoms with E-state index in [1.165, 1.54) is 11.1 Å². The second-order valence-electron chi connectivity index (χ2n) is 5.54. The third-order valence-corrected chi connectivity index (χ3v) is 3.72. The van der Waals surface area contributed by atoms with Crippen molar-refractivity contribution in [1.29, 1.82) is 0 Å². The maximum Gasteiger partial charge on any atom is 0.123 e. The molecular weight excluding hydrogens is 261 g/mol. The molecule has 0 spiro atoms. The van der Waals surface area contributed by atoms with Crippen molar-refractivity contribution in [3.8, 4) is 0 Å². The molecule has 0 aliphatic rings. The van der Waals surface area contributed by atoms with Gasteiger partial charge in [0.15, 0.2) is 0 Å². The monoisotopic (exact) mass is 285 g/mol. The second-order valence-corrected chi connectivity index (χ2v) is 5.54. The molecule has 2 aromatic rings. The molecule has 1 unspecified atom stereocenters. The van der Waals surface area contributed by atoms with Gasteiger partial charge in [-0.1, -0.05) is 44.2 Å². The van der Waals surface area contributed by atoms with Crippen LogP contribution in [0, 0.1) is 12.7 Å². The Balaban J connectivity index is 2.36. The Morgan fingerprint density at radius 2 is 1.71 bits per heavy atom. The molecule has 2 aromatic carbocycles. The van der Waals surface area contributed by atoms with Crippen LogP contribution in [-0.4, -0.2) is 6.54 Å². The highest BCUT2D eigenvalue weighted by atomic mass is 19.1. The lowest BCUT2D eigenvalue weighted by Crippen LogP contribution is -2.23.